The van der Waals surface area contributed by atoms with Crippen LogP contribution >= 0.6 is 0 Å². The highest BCUT2D eigenvalue weighted by molar-refractivity contribution is 5.99. The molecule has 1 aliphatic rings. The maximum absolute atomic E-state index is 13.6. The number of amides is 3. The van der Waals surface area contributed by atoms with Gasteiger partial charge in [-0.1, -0.05) is 37.3 Å². The van der Waals surface area contributed by atoms with Gasteiger partial charge in [-0.3, -0.25) is 4.79 Å². The maximum atomic E-state index is 13.6. The van der Waals surface area contributed by atoms with Crippen molar-refractivity contribution in [3.05, 3.63) is 60.4 Å². The van der Waals surface area contributed by atoms with Crippen molar-refractivity contribution in [2.75, 3.05) is 16.8 Å². The van der Waals surface area contributed by atoms with E-state index in [9.17, 15) is 14.0 Å². The zero-order valence-corrected chi connectivity index (χ0v) is 13.2. The molecular formula is C18H18FN3O2. The first-order valence-corrected chi connectivity index (χ1v) is 7.74. The second kappa shape index (κ2) is 6.70. The average molecular weight is 327 g/mol. The molecule has 1 aliphatic heterocycles. The van der Waals surface area contributed by atoms with E-state index in [4.69, 9.17) is 0 Å². The number of carbonyl (C=O) groups is 2. The molecule has 2 N–H and O–H groups in total. The van der Waals surface area contributed by atoms with E-state index >= 15 is 0 Å². The number of halogens is 1. The van der Waals surface area contributed by atoms with Gasteiger partial charge in [-0.2, -0.15) is 0 Å². The lowest BCUT2D eigenvalue weighted by Crippen LogP contribution is -2.42. The van der Waals surface area contributed by atoms with E-state index in [1.54, 1.807) is 24.0 Å². The van der Waals surface area contributed by atoms with Crippen LogP contribution in [0.5, 0.6) is 0 Å². The molecule has 0 spiro atoms. The Morgan fingerprint density at radius 3 is 2.50 bits per heavy atom. The molecule has 3 rings (SSSR count). The first kappa shape index (κ1) is 16.0. The van der Waals surface area contributed by atoms with Gasteiger partial charge in [0.25, 0.3) is 0 Å². The standard InChI is InChI=1S/C18H18FN3O2/c1-12-16(11-22(17(12)23)13-7-3-2-4-8-13)21-18(24)20-15-10-6-5-9-14(15)19/h2-10,12,16H,11H2,1H3,(H2,20,21,24). The fourth-order valence-corrected chi connectivity index (χ4v) is 2.76. The fraction of sp³-hybridized carbons (Fsp3) is 0.222. The predicted molar refractivity (Wildman–Crippen MR) is 90.3 cm³/mol. The van der Waals surface area contributed by atoms with Crippen LogP contribution < -0.4 is 15.5 Å². The van der Waals surface area contributed by atoms with E-state index < -0.39 is 11.8 Å². The van der Waals surface area contributed by atoms with Crippen molar-refractivity contribution in [2.24, 2.45) is 5.92 Å². The molecule has 5 nitrogen and oxygen atoms in total. The topological polar surface area (TPSA) is 61.4 Å². The first-order valence-electron chi connectivity index (χ1n) is 7.74. The van der Waals surface area contributed by atoms with Crippen LogP contribution in [0.2, 0.25) is 0 Å². The largest absolute Gasteiger partial charge is 0.333 e. The molecule has 0 radical (unpaired) electrons. The summed E-state index contributed by atoms with van der Waals surface area (Å²) in [6.07, 6.45) is 0. The smallest absolute Gasteiger partial charge is 0.319 e. The molecule has 124 valence electrons. The zero-order chi connectivity index (χ0) is 17.1. The lowest BCUT2D eigenvalue weighted by Gasteiger charge is -2.17. The Balaban J connectivity index is 1.66. The Labute approximate surface area is 139 Å². The predicted octanol–water partition coefficient (Wildman–Crippen LogP) is 3.00. The van der Waals surface area contributed by atoms with Crippen LogP contribution in [0.4, 0.5) is 20.6 Å². The van der Waals surface area contributed by atoms with Gasteiger partial charge in [0.2, 0.25) is 5.91 Å². The lowest BCUT2D eigenvalue weighted by atomic mass is 10.1. The molecule has 0 saturated carbocycles. The third kappa shape index (κ3) is 3.22. The molecule has 24 heavy (non-hydrogen) atoms. The molecule has 3 amide bonds. The van der Waals surface area contributed by atoms with E-state index in [0.29, 0.717) is 6.54 Å². The van der Waals surface area contributed by atoms with Crippen LogP contribution in [0.15, 0.2) is 54.6 Å². The summed E-state index contributed by atoms with van der Waals surface area (Å²) in [5.74, 6) is -0.900. The van der Waals surface area contributed by atoms with Gasteiger partial charge in [-0.15, -0.1) is 0 Å². The number of carbonyl (C=O) groups excluding carboxylic acids is 2. The van der Waals surface area contributed by atoms with E-state index in [1.807, 2.05) is 30.3 Å². The normalized spacial score (nSPS) is 20.1. The van der Waals surface area contributed by atoms with Gasteiger partial charge < -0.3 is 15.5 Å². The van der Waals surface area contributed by atoms with E-state index in [-0.39, 0.29) is 23.6 Å². The van der Waals surface area contributed by atoms with Crippen molar-refractivity contribution in [1.29, 1.82) is 0 Å². The minimum atomic E-state index is -0.528. The molecule has 2 unspecified atom stereocenters. The number of hydrogen-bond acceptors (Lipinski definition) is 2. The molecule has 1 heterocycles. The Bertz CT molecular complexity index is 751. The summed E-state index contributed by atoms with van der Waals surface area (Å²) >= 11 is 0. The minimum Gasteiger partial charge on any atom is -0.333 e. The van der Waals surface area contributed by atoms with Gasteiger partial charge in [-0.05, 0) is 24.3 Å². The highest BCUT2D eigenvalue weighted by Crippen LogP contribution is 2.25. The summed E-state index contributed by atoms with van der Waals surface area (Å²) in [5, 5.41) is 5.23. The number of rotatable bonds is 3. The third-order valence-electron chi connectivity index (χ3n) is 4.14. The average Bonchev–Trinajstić information content (AvgIpc) is 2.86. The number of hydrogen-bond donors (Lipinski definition) is 2. The highest BCUT2D eigenvalue weighted by atomic mass is 19.1. The van der Waals surface area contributed by atoms with Crippen molar-refractivity contribution >= 4 is 23.3 Å². The number of nitrogens with zero attached hydrogens (tertiary/aromatic N) is 1. The number of benzene rings is 2. The van der Waals surface area contributed by atoms with Crippen LogP contribution in [0.3, 0.4) is 0 Å². The number of anilines is 2. The number of para-hydroxylation sites is 2. The second-order valence-electron chi connectivity index (χ2n) is 5.76. The summed E-state index contributed by atoms with van der Waals surface area (Å²) in [5.41, 5.74) is 0.903. The van der Waals surface area contributed by atoms with Gasteiger partial charge in [0.1, 0.15) is 5.82 Å². The van der Waals surface area contributed by atoms with Gasteiger partial charge in [0.15, 0.2) is 0 Å². The van der Waals surface area contributed by atoms with Crippen molar-refractivity contribution in [1.82, 2.24) is 5.32 Å². The van der Waals surface area contributed by atoms with Crippen molar-refractivity contribution in [2.45, 2.75) is 13.0 Å². The van der Waals surface area contributed by atoms with Gasteiger partial charge in [0, 0.05) is 12.2 Å². The molecule has 0 aromatic heterocycles. The van der Waals surface area contributed by atoms with E-state index in [2.05, 4.69) is 10.6 Å². The highest BCUT2D eigenvalue weighted by Gasteiger charge is 2.38. The molecule has 2 atom stereocenters. The SMILES string of the molecule is CC1C(=O)N(c2ccccc2)CC1NC(=O)Nc1ccccc1F. The molecule has 2 aromatic carbocycles. The number of nitrogens with one attached hydrogen (secondary N) is 2. The van der Waals surface area contributed by atoms with Gasteiger partial charge in [0.05, 0.1) is 17.6 Å². The quantitative estimate of drug-likeness (QED) is 0.910. The Hall–Kier alpha value is -2.89. The van der Waals surface area contributed by atoms with Crippen LogP contribution in [-0.4, -0.2) is 24.5 Å². The summed E-state index contributed by atoms with van der Waals surface area (Å²) in [4.78, 5) is 26.2. The second-order valence-corrected chi connectivity index (χ2v) is 5.76. The van der Waals surface area contributed by atoms with Crippen LogP contribution in [0.25, 0.3) is 0 Å². The monoisotopic (exact) mass is 327 g/mol. The van der Waals surface area contributed by atoms with E-state index in [0.717, 1.165) is 5.69 Å². The van der Waals surface area contributed by atoms with Gasteiger partial charge in [-0.25, -0.2) is 9.18 Å². The summed E-state index contributed by atoms with van der Waals surface area (Å²) in [6, 6.07) is 14.4. The summed E-state index contributed by atoms with van der Waals surface area (Å²) in [7, 11) is 0. The van der Waals surface area contributed by atoms with Crippen molar-refractivity contribution in [3.63, 3.8) is 0 Å². The summed E-state index contributed by atoms with van der Waals surface area (Å²) < 4.78 is 13.6. The molecule has 2 aromatic rings. The Morgan fingerprint density at radius 2 is 1.79 bits per heavy atom. The minimum absolute atomic E-state index is 0.0441. The van der Waals surface area contributed by atoms with Crippen LogP contribution in [0, 0.1) is 11.7 Å². The van der Waals surface area contributed by atoms with Gasteiger partial charge >= 0.3 is 6.03 Å². The molecule has 0 aliphatic carbocycles. The zero-order valence-electron chi connectivity index (χ0n) is 13.2. The molecule has 1 saturated heterocycles. The Kier molecular flexibility index (Phi) is 4.46. The lowest BCUT2D eigenvalue weighted by molar-refractivity contribution is -0.120. The molecule has 1 fully saturated rings. The molecule has 0 bridgehead atoms. The van der Waals surface area contributed by atoms with E-state index in [1.165, 1.54) is 12.1 Å². The third-order valence-corrected chi connectivity index (χ3v) is 4.14. The maximum Gasteiger partial charge on any atom is 0.319 e. The molecular weight excluding hydrogens is 309 g/mol. The van der Waals surface area contributed by atoms with Crippen molar-refractivity contribution in [3.8, 4) is 0 Å². The summed E-state index contributed by atoms with van der Waals surface area (Å²) in [6.45, 7) is 2.16. The van der Waals surface area contributed by atoms with Crippen LogP contribution in [-0.2, 0) is 4.79 Å². The number of urea groups is 1. The fourth-order valence-electron chi connectivity index (χ4n) is 2.76. The molecule has 6 heteroatoms. The van der Waals surface area contributed by atoms with Crippen LogP contribution in [0.1, 0.15) is 6.92 Å². The van der Waals surface area contributed by atoms with Crippen molar-refractivity contribution < 1.29 is 14.0 Å². The Morgan fingerprint density at radius 1 is 1.12 bits per heavy atom. The first-order chi connectivity index (χ1) is 11.6.